The maximum Gasteiger partial charge on any atom is 0.323 e. The monoisotopic (exact) mass is 603 g/mol. The maximum atomic E-state index is 12.6. The minimum Gasteiger partial charge on any atom is -0.480 e. The van der Waals surface area contributed by atoms with Gasteiger partial charge in [-0.25, -0.2) is 4.98 Å². The number of nitrogens with zero attached hydrogens (tertiary/aromatic N) is 3. The summed E-state index contributed by atoms with van der Waals surface area (Å²) in [6.07, 6.45) is 27.1. The van der Waals surface area contributed by atoms with Gasteiger partial charge in [-0.3, -0.25) is 14.5 Å². The lowest BCUT2D eigenvalue weighted by Crippen LogP contribution is -2.33. The second-order valence-electron chi connectivity index (χ2n) is 10.6. The number of carbonyl (C=O) groups is 2. The van der Waals surface area contributed by atoms with Crippen LogP contribution in [0.4, 0.5) is 5.82 Å². The molecule has 1 N–H and O–H groups in total. The van der Waals surface area contributed by atoms with Crippen LogP contribution in [-0.2, 0) is 9.59 Å². The van der Waals surface area contributed by atoms with Crippen molar-refractivity contribution in [1.29, 1.82) is 0 Å². The number of pyridine rings is 1. The van der Waals surface area contributed by atoms with Crippen LogP contribution in [0.5, 0.6) is 0 Å². The highest BCUT2D eigenvalue weighted by Gasteiger charge is 2.33. The Hall–Kier alpha value is -1.84. The fraction of sp³-hybridized carbons (Fsp3) is 0.613. The summed E-state index contributed by atoms with van der Waals surface area (Å²) in [5.74, 6) is -0.461. The van der Waals surface area contributed by atoms with E-state index in [0.717, 1.165) is 45.4 Å². The van der Waals surface area contributed by atoms with Crippen molar-refractivity contribution in [3.63, 3.8) is 0 Å². The first-order valence-corrected chi connectivity index (χ1v) is 17.1. The van der Waals surface area contributed by atoms with Gasteiger partial charge in [0.2, 0.25) is 0 Å². The normalized spacial score (nSPS) is 17.0. The van der Waals surface area contributed by atoms with Crippen molar-refractivity contribution in [2.24, 2.45) is 0 Å². The first-order chi connectivity index (χ1) is 19.5. The van der Waals surface area contributed by atoms with Crippen molar-refractivity contribution in [2.75, 3.05) is 18.0 Å². The van der Waals surface area contributed by atoms with Crippen LogP contribution in [0.15, 0.2) is 45.3 Å². The molecule has 0 unspecified atom stereocenters. The van der Waals surface area contributed by atoms with Gasteiger partial charge in [-0.15, -0.1) is 0 Å². The molecule has 1 aromatic heterocycles. The number of anilines is 1. The van der Waals surface area contributed by atoms with Gasteiger partial charge in [-0.2, -0.15) is 0 Å². The van der Waals surface area contributed by atoms with Gasteiger partial charge in [0.25, 0.3) is 5.91 Å². The molecule has 3 heterocycles. The minimum atomic E-state index is -1.08. The zero-order valence-corrected chi connectivity index (χ0v) is 26.4. The van der Waals surface area contributed by atoms with Crippen LogP contribution in [0, 0.1) is 0 Å². The van der Waals surface area contributed by atoms with Gasteiger partial charge < -0.3 is 10.0 Å². The Morgan fingerprint density at radius 3 is 2.02 bits per heavy atom. The maximum absolute atomic E-state index is 12.6. The molecule has 0 atom stereocenters. The van der Waals surface area contributed by atoms with Gasteiger partial charge in [0, 0.05) is 12.7 Å². The van der Waals surface area contributed by atoms with Gasteiger partial charge in [0.15, 0.2) is 0 Å². The third-order valence-corrected chi connectivity index (χ3v) is 9.77. The number of thiocarbonyl (C=S) groups is 1. The number of carboxylic acid groups (broad SMARTS) is 1. The van der Waals surface area contributed by atoms with Crippen LogP contribution in [0.3, 0.4) is 0 Å². The van der Waals surface area contributed by atoms with Crippen LogP contribution in [0.25, 0.3) is 0 Å². The van der Waals surface area contributed by atoms with Gasteiger partial charge in [-0.1, -0.05) is 139 Å². The number of carbonyl (C=O) groups excluding carboxylic acids is 1. The third kappa shape index (κ3) is 10.9. The number of amides is 1. The molecule has 0 spiro atoms. The van der Waals surface area contributed by atoms with Crippen LogP contribution in [-0.4, -0.2) is 44.3 Å². The fourth-order valence-electron chi connectivity index (χ4n) is 5.03. The average molecular weight is 604 g/mol. The molecule has 2 aliphatic rings. The third-order valence-electron chi connectivity index (χ3n) is 7.27. The van der Waals surface area contributed by atoms with E-state index in [1.165, 1.54) is 96.3 Å². The Morgan fingerprint density at radius 1 is 0.875 bits per heavy atom. The second kappa shape index (κ2) is 18.6. The molecular formula is C31H45N3O3S3. The average Bonchev–Trinajstić information content (AvgIpc) is 3.42. The number of unbranched alkanes of at least 4 members (excludes halogenated alkanes) is 15. The number of carboxylic acids is 1. The van der Waals surface area contributed by atoms with Crippen LogP contribution < -0.4 is 4.90 Å². The molecule has 9 heteroatoms. The number of rotatable bonds is 20. The van der Waals surface area contributed by atoms with Crippen molar-refractivity contribution in [3.8, 4) is 0 Å². The molecule has 0 radical (unpaired) electrons. The molecule has 1 aromatic rings. The van der Waals surface area contributed by atoms with E-state index in [9.17, 15) is 9.59 Å². The van der Waals surface area contributed by atoms with E-state index in [-0.39, 0.29) is 10.2 Å². The van der Waals surface area contributed by atoms with E-state index in [1.807, 2.05) is 18.3 Å². The van der Waals surface area contributed by atoms with E-state index in [0.29, 0.717) is 4.91 Å². The summed E-state index contributed by atoms with van der Waals surface area (Å²) in [7, 11) is 0. The Bertz CT molecular complexity index is 1040. The minimum absolute atomic E-state index is 0.283. The summed E-state index contributed by atoms with van der Waals surface area (Å²) >= 11 is 8.01. The molecule has 2 aliphatic heterocycles. The molecule has 0 saturated carbocycles. The first kappa shape index (κ1) is 32.7. The molecule has 40 heavy (non-hydrogen) atoms. The van der Waals surface area contributed by atoms with Crippen molar-refractivity contribution in [3.05, 3.63) is 40.4 Å². The molecule has 1 amide bonds. The molecular weight excluding hydrogens is 559 g/mol. The number of aromatic nitrogens is 1. The van der Waals surface area contributed by atoms with Gasteiger partial charge >= 0.3 is 5.97 Å². The van der Waals surface area contributed by atoms with Gasteiger partial charge in [0.05, 0.1) is 14.8 Å². The lowest BCUT2D eigenvalue weighted by Gasteiger charge is -2.19. The summed E-state index contributed by atoms with van der Waals surface area (Å²) in [5, 5.41) is 10.1. The SMILES string of the molecule is CCCCCCCCCCCCCCCCCCN1/C(=C\C=C2\SC(=S)N(CC(=O)O)C2=O)Sc2cccnc21. The van der Waals surface area contributed by atoms with E-state index >= 15 is 0 Å². The Morgan fingerprint density at radius 2 is 1.45 bits per heavy atom. The summed E-state index contributed by atoms with van der Waals surface area (Å²) in [6, 6.07) is 4.01. The van der Waals surface area contributed by atoms with Crippen molar-refractivity contribution in [1.82, 2.24) is 9.88 Å². The van der Waals surface area contributed by atoms with E-state index < -0.39 is 12.5 Å². The zero-order chi connectivity index (χ0) is 28.6. The van der Waals surface area contributed by atoms with E-state index in [1.54, 1.807) is 17.8 Å². The number of hydrogen-bond acceptors (Lipinski definition) is 7. The standard InChI is InChI=1S/C31H45N3O3S3/c1-2-3-4-5-6-7-8-9-10-11-12-13-14-15-16-17-23-33-27(39-25-19-18-22-32-29(25)33)21-20-26-30(37)34(24-28(35)36)31(38)40-26/h18-22H,2-17,23-24H2,1H3,(H,35,36)/b26-20+,27-21+. The Balaban J connectivity index is 1.35. The summed E-state index contributed by atoms with van der Waals surface area (Å²) < 4.78 is 0.283. The Labute approximate surface area is 254 Å². The van der Waals surface area contributed by atoms with Crippen LogP contribution >= 0.6 is 35.7 Å². The highest BCUT2D eigenvalue weighted by Crippen LogP contribution is 2.45. The number of hydrogen-bond donors (Lipinski definition) is 1. The van der Waals surface area contributed by atoms with Crippen molar-refractivity contribution < 1.29 is 14.7 Å². The smallest absolute Gasteiger partial charge is 0.323 e. The largest absolute Gasteiger partial charge is 0.480 e. The molecule has 6 nitrogen and oxygen atoms in total. The van der Waals surface area contributed by atoms with Gasteiger partial charge in [0.1, 0.15) is 16.7 Å². The van der Waals surface area contributed by atoms with E-state index in [4.69, 9.17) is 17.3 Å². The predicted molar refractivity (Wildman–Crippen MR) is 173 cm³/mol. The Kier molecular flexibility index (Phi) is 15.2. The molecule has 0 bridgehead atoms. The summed E-state index contributed by atoms with van der Waals surface area (Å²) in [6.45, 7) is 2.75. The zero-order valence-electron chi connectivity index (χ0n) is 23.9. The van der Waals surface area contributed by atoms with Crippen LogP contribution in [0.1, 0.15) is 110 Å². The van der Waals surface area contributed by atoms with Crippen molar-refractivity contribution >= 4 is 57.8 Å². The number of aliphatic carboxylic acids is 1. The first-order valence-electron chi connectivity index (χ1n) is 15.1. The van der Waals surface area contributed by atoms with E-state index in [2.05, 4.69) is 22.9 Å². The number of fused-ring (bicyclic) bond motifs is 1. The lowest BCUT2D eigenvalue weighted by molar-refractivity contribution is -0.140. The second-order valence-corrected chi connectivity index (χ2v) is 13.3. The fourth-order valence-corrected chi connectivity index (χ4v) is 7.27. The molecule has 3 rings (SSSR count). The summed E-state index contributed by atoms with van der Waals surface area (Å²) in [4.78, 5) is 33.2. The molecule has 220 valence electrons. The molecule has 0 aliphatic carbocycles. The molecule has 0 aromatic carbocycles. The highest BCUT2D eigenvalue weighted by molar-refractivity contribution is 8.26. The quantitative estimate of drug-likeness (QED) is 0.0900. The topological polar surface area (TPSA) is 73.7 Å². The predicted octanol–water partition coefficient (Wildman–Crippen LogP) is 8.93. The number of allylic oxidation sites excluding steroid dienone is 2. The van der Waals surface area contributed by atoms with Crippen LogP contribution in [0.2, 0.25) is 0 Å². The summed E-state index contributed by atoms with van der Waals surface area (Å²) in [5.41, 5.74) is 0. The highest BCUT2D eigenvalue weighted by atomic mass is 32.2. The molecule has 1 fully saturated rings. The number of thioether (sulfide) groups is 2. The lowest BCUT2D eigenvalue weighted by atomic mass is 10.0. The molecule has 1 saturated heterocycles. The van der Waals surface area contributed by atoms with Gasteiger partial charge in [-0.05, 0) is 30.7 Å². The van der Waals surface area contributed by atoms with Crippen molar-refractivity contribution in [2.45, 2.75) is 115 Å².